The normalized spacial score (nSPS) is 9.91. The van der Waals surface area contributed by atoms with Crippen molar-refractivity contribution in [1.82, 2.24) is 4.98 Å². The van der Waals surface area contributed by atoms with E-state index in [1.165, 1.54) is 19.5 Å². The minimum Gasteiger partial charge on any atom is -0.495 e. The van der Waals surface area contributed by atoms with E-state index in [0.29, 0.717) is 22.7 Å². The molecule has 2 rings (SSSR count). The molecule has 0 radical (unpaired) electrons. The molecule has 0 saturated carbocycles. The minimum absolute atomic E-state index is 0.142. The van der Waals surface area contributed by atoms with Crippen LogP contribution in [0.1, 0.15) is 10.4 Å². The topological polar surface area (TPSA) is 106 Å². The highest BCUT2D eigenvalue weighted by Crippen LogP contribution is 2.28. The molecule has 0 aliphatic heterocycles. The van der Waals surface area contributed by atoms with Crippen LogP contribution >= 0.6 is 0 Å². The second-order valence-electron chi connectivity index (χ2n) is 4.36. The van der Waals surface area contributed by atoms with E-state index >= 15 is 0 Å². The molecule has 0 atom stereocenters. The molecule has 0 unspecified atom stereocenters. The third-order valence-corrected chi connectivity index (χ3v) is 2.86. The Labute approximate surface area is 127 Å². The fourth-order valence-corrected chi connectivity index (χ4v) is 1.79. The van der Waals surface area contributed by atoms with Crippen LogP contribution < -0.4 is 21.1 Å². The smallest absolute Gasteiger partial charge is 0.255 e. The summed E-state index contributed by atoms with van der Waals surface area (Å²) in [5.74, 6) is -0.150. The van der Waals surface area contributed by atoms with Crippen molar-refractivity contribution in [3.63, 3.8) is 0 Å². The zero-order valence-corrected chi connectivity index (χ0v) is 12.0. The molecule has 7 heteroatoms. The summed E-state index contributed by atoms with van der Waals surface area (Å²) in [4.78, 5) is 27.4. The maximum Gasteiger partial charge on any atom is 0.255 e. The van der Waals surface area contributed by atoms with E-state index in [0.717, 1.165) is 0 Å². The predicted octanol–water partition coefficient (Wildman–Crippen LogP) is 1.24. The number of benzene rings is 1. The molecule has 0 aliphatic rings. The van der Waals surface area contributed by atoms with Gasteiger partial charge in [0.25, 0.3) is 5.91 Å². The van der Waals surface area contributed by atoms with E-state index in [2.05, 4.69) is 15.6 Å². The summed E-state index contributed by atoms with van der Waals surface area (Å²) >= 11 is 0. The van der Waals surface area contributed by atoms with Gasteiger partial charge in [-0.25, -0.2) is 0 Å². The molecule has 1 heterocycles. The number of carbonyl (C=O) groups excluding carboxylic acids is 2. The largest absolute Gasteiger partial charge is 0.495 e. The Hall–Kier alpha value is -2.93. The van der Waals surface area contributed by atoms with Crippen molar-refractivity contribution in [2.24, 2.45) is 5.73 Å². The average Bonchev–Trinajstić information content (AvgIpc) is 2.55. The van der Waals surface area contributed by atoms with Gasteiger partial charge in [0.2, 0.25) is 5.91 Å². The van der Waals surface area contributed by atoms with Gasteiger partial charge < -0.3 is 21.1 Å². The number of nitrogens with two attached hydrogens (primary N) is 1. The fourth-order valence-electron chi connectivity index (χ4n) is 1.79. The highest BCUT2D eigenvalue weighted by Gasteiger charge is 2.10. The average molecular weight is 300 g/mol. The maximum absolute atomic E-state index is 12.1. The van der Waals surface area contributed by atoms with Gasteiger partial charge in [0.15, 0.2) is 0 Å². The summed E-state index contributed by atoms with van der Waals surface area (Å²) in [7, 11) is 1.49. The first-order valence-corrected chi connectivity index (χ1v) is 6.53. The number of amides is 2. The number of anilines is 2. The SMILES string of the molecule is COc1ccc(NC(=O)c2ccncc2)cc1NC(=O)CN. The Kier molecular flexibility index (Phi) is 5.05. The summed E-state index contributed by atoms with van der Waals surface area (Å²) in [6, 6.07) is 8.14. The molecule has 0 fully saturated rings. The summed E-state index contributed by atoms with van der Waals surface area (Å²) in [5.41, 5.74) is 6.72. The molecular weight excluding hydrogens is 284 g/mol. The first kappa shape index (κ1) is 15.5. The van der Waals surface area contributed by atoms with Gasteiger partial charge in [-0.3, -0.25) is 14.6 Å². The molecule has 1 aromatic heterocycles. The van der Waals surface area contributed by atoms with E-state index in [-0.39, 0.29) is 18.4 Å². The highest BCUT2D eigenvalue weighted by molar-refractivity contribution is 6.04. The minimum atomic E-state index is -0.351. The number of aromatic nitrogens is 1. The third kappa shape index (κ3) is 3.80. The second-order valence-corrected chi connectivity index (χ2v) is 4.36. The Morgan fingerprint density at radius 2 is 1.91 bits per heavy atom. The second kappa shape index (κ2) is 7.19. The van der Waals surface area contributed by atoms with Gasteiger partial charge in [0.05, 0.1) is 19.3 Å². The van der Waals surface area contributed by atoms with Gasteiger partial charge in [-0.2, -0.15) is 0 Å². The molecule has 4 N–H and O–H groups in total. The molecule has 0 saturated heterocycles. The zero-order chi connectivity index (χ0) is 15.9. The Morgan fingerprint density at radius 3 is 2.55 bits per heavy atom. The van der Waals surface area contributed by atoms with Crippen LogP contribution in [0, 0.1) is 0 Å². The molecule has 0 bridgehead atoms. The Morgan fingerprint density at radius 1 is 1.18 bits per heavy atom. The summed E-state index contributed by atoms with van der Waals surface area (Å²) in [6.45, 7) is -0.142. The molecule has 1 aromatic carbocycles. The summed E-state index contributed by atoms with van der Waals surface area (Å²) in [5, 5.41) is 5.35. The number of rotatable bonds is 5. The number of hydrogen-bond acceptors (Lipinski definition) is 5. The number of nitrogens with zero attached hydrogens (tertiary/aromatic N) is 1. The van der Waals surface area contributed by atoms with Crippen molar-refractivity contribution in [2.45, 2.75) is 0 Å². The first-order valence-electron chi connectivity index (χ1n) is 6.53. The number of pyridine rings is 1. The van der Waals surface area contributed by atoms with E-state index in [1.807, 2.05) is 0 Å². The molecule has 0 aliphatic carbocycles. The maximum atomic E-state index is 12.1. The van der Waals surface area contributed by atoms with Crippen LogP contribution in [0.25, 0.3) is 0 Å². The van der Waals surface area contributed by atoms with E-state index in [1.54, 1.807) is 30.3 Å². The van der Waals surface area contributed by atoms with E-state index in [4.69, 9.17) is 10.5 Å². The monoisotopic (exact) mass is 300 g/mol. The Balaban J connectivity index is 2.19. The Bertz CT molecular complexity index is 674. The molecule has 7 nitrogen and oxygen atoms in total. The van der Waals surface area contributed by atoms with Crippen LogP contribution in [-0.4, -0.2) is 30.5 Å². The molecule has 114 valence electrons. The number of carbonyl (C=O) groups is 2. The lowest BCUT2D eigenvalue weighted by Gasteiger charge is -2.12. The van der Waals surface area contributed by atoms with Crippen LogP contribution in [0.4, 0.5) is 11.4 Å². The zero-order valence-electron chi connectivity index (χ0n) is 12.0. The third-order valence-electron chi connectivity index (χ3n) is 2.86. The lowest BCUT2D eigenvalue weighted by atomic mass is 10.2. The lowest BCUT2D eigenvalue weighted by Crippen LogP contribution is -2.22. The van der Waals surface area contributed by atoms with E-state index < -0.39 is 0 Å². The fraction of sp³-hybridized carbons (Fsp3) is 0.133. The number of hydrogen-bond donors (Lipinski definition) is 3. The van der Waals surface area contributed by atoms with Crippen LogP contribution in [0.2, 0.25) is 0 Å². The molecule has 2 aromatic rings. The van der Waals surface area contributed by atoms with Crippen molar-refractivity contribution in [3.05, 3.63) is 48.3 Å². The lowest BCUT2D eigenvalue weighted by molar-refractivity contribution is -0.114. The molecule has 0 spiro atoms. The van der Waals surface area contributed by atoms with Crippen LogP contribution in [0.3, 0.4) is 0 Å². The quantitative estimate of drug-likeness (QED) is 0.770. The number of ether oxygens (including phenoxy) is 1. The van der Waals surface area contributed by atoms with E-state index in [9.17, 15) is 9.59 Å². The predicted molar refractivity (Wildman–Crippen MR) is 82.9 cm³/mol. The van der Waals surface area contributed by atoms with Crippen LogP contribution in [0.15, 0.2) is 42.7 Å². The summed E-state index contributed by atoms with van der Waals surface area (Å²) in [6.07, 6.45) is 3.08. The van der Waals surface area contributed by atoms with Crippen molar-refractivity contribution in [1.29, 1.82) is 0 Å². The van der Waals surface area contributed by atoms with Crippen molar-refractivity contribution in [2.75, 3.05) is 24.3 Å². The van der Waals surface area contributed by atoms with Crippen LogP contribution in [-0.2, 0) is 4.79 Å². The molecule has 2 amide bonds. The molecule has 22 heavy (non-hydrogen) atoms. The highest BCUT2D eigenvalue weighted by atomic mass is 16.5. The summed E-state index contributed by atoms with van der Waals surface area (Å²) < 4.78 is 5.16. The van der Waals surface area contributed by atoms with Crippen LogP contribution in [0.5, 0.6) is 5.75 Å². The van der Waals surface area contributed by atoms with Gasteiger partial charge >= 0.3 is 0 Å². The standard InChI is InChI=1S/C15H16N4O3/c1-22-13-3-2-11(8-12(13)19-14(20)9-16)18-15(21)10-4-6-17-7-5-10/h2-8H,9,16H2,1H3,(H,18,21)(H,19,20). The van der Waals surface area contributed by atoms with Crippen molar-refractivity contribution >= 4 is 23.2 Å². The number of nitrogens with one attached hydrogen (secondary N) is 2. The number of methoxy groups -OCH3 is 1. The molecular formula is C15H16N4O3. The van der Waals surface area contributed by atoms with Crippen molar-refractivity contribution < 1.29 is 14.3 Å². The van der Waals surface area contributed by atoms with Crippen molar-refractivity contribution in [3.8, 4) is 5.75 Å². The first-order chi connectivity index (χ1) is 10.6. The van der Waals surface area contributed by atoms with Gasteiger partial charge in [-0.05, 0) is 30.3 Å². The van der Waals surface area contributed by atoms with Gasteiger partial charge in [-0.15, -0.1) is 0 Å². The van der Waals surface area contributed by atoms with Gasteiger partial charge in [0.1, 0.15) is 5.75 Å². The van der Waals surface area contributed by atoms with Gasteiger partial charge in [-0.1, -0.05) is 0 Å². The van der Waals surface area contributed by atoms with Gasteiger partial charge in [0, 0.05) is 23.6 Å².